The molecule has 0 rings (SSSR count). The molecule has 1 heteroatoms. The van der Waals surface area contributed by atoms with Crippen LogP contribution in [0.4, 0.5) is 0 Å². The lowest BCUT2D eigenvalue weighted by atomic mass is 9.84. The molecule has 0 aromatic heterocycles. The summed E-state index contributed by atoms with van der Waals surface area (Å²) in [6.45, 7) is 21.8. The fraction of sp³-hybridized carbons (Fsp3) is 0.667. The molecular formula is C24H42O. The van der Waals surface area contributed by atoms with E-state index in [1.807, 2.05) is 6.08 Å². The summed E-state index contributed by atoms with van der Waals surface area (Å²) in [4.78, 5) is 0. The maximum Gasteiger partial charge on any atom is 0.0615 e. The van der Waals surface area contributed by atoms with Crippen molar-refractivity contribution in [2.75, 3.05) is 6.61 Å². The first-order chi connectivity index (χ1) is 12.0. The van der Waals surface area contributed by atoms with Crippen LogP contribution in [0.3, 0.4) is 0 Å². The van der Waals surface area contributed by atoms with Gasteiger partial charge in [-0.15, -0.1) is 6.58 Å². The summed E-state index contributed by atoms with van der Waals surface area (Å²) < 4.78 is 6.03. The zero-order chi connectivity index (χ0) is 19.1. The highest BCUT2D eigenvalue weighted by molar-refractivity contribution is 5.11. The molecule has 1 nitrogen and oxygen atoms in total. The van der Waals surface area contributed by atoms with Crippen LogP contribution in [0.25, 0.3) is 0 Å². The highest BCUT2D eigenvalue weighted by Gasteiger charge is 2.17. The smallest absolute Gasteiger partial charge is 0.0615 e. The van der Waals surface area contributed by atoms with Crippen molar-refractivity contribution in [3.8, 4) is 0 Å². The number of hydrogen-bond donors (Lipinski definition) is 0. The molecule has 0 fully saturated rings. The van der Waals surface area contributed by atoms with Crippen LogP contribution in [0.1, 0.15) is 79.1 Å². The third kappa shape index (κ3) is 12.0. The van der Waals surface area contributed by atoms with Gasteiger partial charge in [0.25, 0.3) is 0 Å². The van der Waals surface area contributed by atoms with Gasteiger partial charge < -0.3 is 4.74 Å². The predicted octanol–water partition coefficient (Wildman–Crippen LogP) is 7.66. The summed E-state index contributed by atoms with van der Waals surface area (Å²) >= 11 is 0. The van der Waals surface area contributed by atoms with Gasteiger partial charge in [-0.2, -0.15) is 0 Å². The fourth-order valence-electron chi connectivity index (χ4n) is 3.29. The van der Waals surface area contributed by atoms with Gasteiger partial charge in [-0.3, -0.25) is 0 Å². The Hall–Kier alpha value is -1.08. The molecule has 0 amide bonds. The van der Waals surface area contributed by atoms with Gasteiger partial charge in [0.1, 0.15) is 0 Å². The van der Waals surface area contributed by atoms with E-state index in [9.17, 15) is 0 Å². The molecule has 0 heterocycles. The van der Waals surface area contributed by atoms with E-state index < -0.39 is 0 Å². The zero-order valence-electron chi connectivity index (χ0n) is 17.4. The van der Waals surface area contributed by atoms with E-state index in [2.05, 4.69) is 59.6 Å². The minimum absolute atomic E-state index is 0.259. The first-order valence-corrected chi connectivity index (χ1v) is 10.2. The summed E-state index contributed by atoms with van der Waals surface area (Å²) in [5.74, 6) is 1.25. The molecule has 0 saturated heterocycles. The number of rotatable bonds is 16. The second kappa shape index (κ2) is 15.2. The van der Waals surface area contributed by atoms with Crippen LogP contribution in [0, 0.1) is 11.8 Å². The molecule has 0 aromatic rings. The topological polar surface area (TPSA) is 9.23 Å². The molecule has 3 atom stereocenters. The largest absolute Gasteiger partial charge is 0.378 e. The van der Waals surface area contributed by atoms with Crippen LogP contribution in [0.2, 0.25) is 0 Å². The zero-order valence-corrected chi connectivity index (χ0v) is 17.4. The van der Waals surface area contributed by atoms with Crippen LogP contribution in [-0.4, -0.2) is 12.7 Å². The third-order valence-electron chi connectivity index (χ3n) is 4.98. The van der Waals surface area contributed by atoms with Crippen LogP contribution < -0.4 is 0 Å². The molecule has 0 saturated carbocycles. The van der Waals surface area contributed by atoms with Gasteiger partial charge in [0.15, 0.2) is 0 Å². The number of allylic oxidation sites excluding steroid dienone is 4. The van der Waals surface area contributed by atoms with Crippen molar-refractivity contribution >= 4 is 0 Å². The first kappa shape index (κ1) is 23.9. The van der Waals surface area contributed by atoms with Crippen LogP contribution >= 0.6 is 0 Å². The summed E-state index contributed by atoms with van der Waals surface area (Å²) in [6, 6.07) is 0. The van der Waals surface area contributed by atoms with Gasteiger partial charge in [0.2, 0.25) is 0 Å². The quantitative estimate of drug-likeness (QED) is 0.206. The minimum atomic E-state index is 0.259. The highest BCUT2D eigenvalue weighted by Crippen LogP contribution is 2.27. The molecule has 0 spiro atoms. The Balaban J connectivity index is 4.40. The molecule has 0 aliphatic carbocycles. The third-order valence-corrected chi connectivity index (χ3v) is 4.98. The lowest BCUT2D eigenvalue weighted by molar-refractivity contribution is 0.0440. The SMILES string of the molecule is C=CC(=C)CC(CCC(C=C)C(C)CCCC(C)=CCC)OCCC. The standard InChI is InChI=1S/C24H42O/c1-8-13-21(6)14-12-15-22(7)23(11-4)16-17-24(25-18-9-2)19-20(5)10-3/h10-11,13,22-24H,3-5,8-9,12,14-19H2,1-2,6-7H3. The van der Waals surface area contributed by atoms with Crippen molar-refractivity contribution in [1.29, 1.82) is 0 Å². The van der Waals surface area contributed by atoms with E-state index in [4.69, 9.17) is 4.74 Å². The Morgan fingerprint density at radius 3 is 2.40 bits per heavy atom. The van der Waals surface area contributed by atoms with Crippen LogP contribution in [0.15, 0.2) is 49.1 Å². The second-order valence-corrected chi connectivity index (χ2v) is 7.36. The molecule has 25 heavy (non-hydrogen) atoms. The molecule has 0 bridgehead atoms. The second-order valence-electron chi connectivity index (χ2n) is 7.36. The lowest BCUT2D eigenvalue weighted by Crippen LogP contribution is -2.18. The van der Waals surface area contributed by atoms with E-state index in [1.54, 1.807) is 0 Å². The monoisotopic (exact) mass is 346 g/mol. The normalized spacial score (nSPS) is 15.4. The van der Waals surface area contributed by atoms with E-state index in [-0.39, 0.29) is 6.10 Å². The summed E-state index contributed by atoms with van der Waals surface area (Å²) in [5, 5.41) is 0. The fourth-order valence-corrected chi connectivity index (χ4v) is 3.29. The average molecular weight is 347 g/mol. The summed E-state index contributed by atoms with van der Waals surface area (Å²) in [6.07, 6.45) is 15.7. The summed E-state index contributed by atoms with van der Waals surface area (Å²) in [5.41, 5.74) is 2.60. The van der Waals surface area contributed by atoms with Crippen molar-refractivity contribution in [3.05, 3.63) is 49.1 Å². The molecule has 144 valence electrons. The molecule has 0 N–H and O–H groups in total. The lowest BCUT2D eigenvalue weighted by Gasteiger charge is -2.24. The molecule has 0 aliphatic rings. The number of hydrogen-bond acceptors (Lipinski definition) is 1. The van der Waals surface area contributed by atoms with Gasteiger partial charge in [0, 0.05) is 6.61 Å². The van der Waals surface area contributed by atoms with Crippen LogP contribution in [-0.2, 0) is 4.74 Å². The Labute approximate surface area is 157 Å². The van der Waals surface area contributed by atoms with E-state index >= 15 is 0 Å². The first-order valence-electron chi connectivity index (χ1n) is 10.2. The maximum absolute atomic E-state index is 6.03. The molecule has 0 radical (unpaired) electrons. The Bertz CT molecular complexity index is 404. The summed E-state index contributed by atoms with van der Waals surface area (Å²) in [7, 11) is 0. The maximum atomic E-state index is 6.03. The Morgan fingerprint density at radius 1 is 1.12 bits per heavy atom. The van der Waals surface area contributed by atoms with Crippen LogP contribution in [0.5, 0.6) is 0 Å². The Morgan fingerprint density at radius 2 is 1.84 bits per heavy atom. The molecular weight excluding hydrogens is 304 g/mol. The van der Waals surface area contributed by atoms with Crippen molar-refractivity contribution in [3.63, 3.8) is 0 Å². The van der Waals surface area contributed by atoms with Crippen molar-refractivity contribution in [2.45, 2.75) is 85.2 Å². The average Bonchev–Trinajstić information content (AvgIpc) is 2.59. The van der Waals surface area contributed by atoms with Crippen molar-refractivity contribution in [1.82, 2.24) is 0 Å². The van der Waals surface area contributed by atoms with E-state index in [1.165, 1.54) is 24.8 Å². The highest BCUT2D eigenvalue weighted by atomic mass is 16.5. The van der Waals surface area contributed by atoms with E-state index in [0.717, 1.165) is 44.3 Å². The molecule has 0 aliphatic heterocycles. The van der Waals surface area contributed by atoms with Gasteiger partial charge in [-0.1, -0.05) is 63.3 Å². The van der Waals surface area contributed by atoms with Gasteiger partial charge in [0.05, 0.1) is 6.10 Å². The molecule has 3 unspecified atom stereocenters. The number of ether oxygens (including phenoxy) is 1. The minimum Gasteiger partial charge on any atom is -0.378 e. The van der Waals surface area contributed by atoms with Gasteiger partial charge >= 0.3 is 0 Å². The Kier molecular flexibility index (Phi) is 14.5. The van der Waals surface area contributed by atoms with Crippen molar-refractivity contribution in [2.24, 2.45) is 11.8 Å². The van der Waals surface area contributed by atoms with Gasteiger partial charge in [-0.25, -0.2) is 0 Å². The van der Waals surface area contributed by atoms with E-state index in [0.29, 0.717) is 11.8 Å². The predicted molar refractivity (Wildman–Crippen MR) is 114 cm³/mol. The molecule has 0 aromatic carbocycles. The van der Waals surface area contributed by atoms with Crippen molar-refractivity contribution < 1.29 is 4.74 Å². The van der Waals surface area contributed by atoms with Gasteiger partial charge in [-0.05, 0) is 70.1 Å².